The molecule has 0 amide bonds. The first-order valence-corrected chi connectivity index (χ1v) is 9.55. The van der Waals surface area contributed by atoms with Gasteiger partial charge in [-0.05, 0) is 29.8 Å². The molecule has 0 spiro atoms. The number of ether oxygens (including phenoxy) is 2. The van der Waals surface area contributed by atoms with Crippen LogP contribution in [0.4, 0.5) is 0 Å². The van der Waals surface area contributed by atoms with Crippen LogP contribution in [-0.4, -0.2) is 37.2 Å². The van der Waals surface area contributed by atoms with Gasteiger partial charge < -0.3 is 14.0 Å². The van der Waals surface area contributed by atoms with Crippen LogP contribution in [-0.2, 0) is 17.1 Å². The van der Waals surface area contributed by atoms with Gasteiger partial charge in [0.05, 0.1) is 14.2 Å². The van der Waals surface area contributed by atoms with Gasteiger partial charge in [-0.25, -0.2) is 13.4 Å². The average Bonchev–Trinajstić information content (AvgIpc) is 3.12. The Hall–Kier alpha value is -2.91. The zero-order valence-electron chi connectivity index (χ0n) is 15.2. The number of nitrogens with one attached hydrogen (secondary N) is 1. The second-order valence-corrected chi connectivity index (χ2v) is 7.50. The highest BCUT2D eigenvalue weighted by atomic mass is 32.2. The van der Waals surface area contributed by atoms with Crippen molar-refractivity contribution in [3.8, 4) is 11.5 Å². The van der Waals surface area contributed by atoms with Gasteiger partial charge in [-0.3, -0.25) is 4.98 Å². The molecule has 2 heterocycles. The minimum atomic E-state index is -3.84. The van der Waals surface area contributed by atoms with Gasteiger partial charge >= 0.3 is 0 Å². The monoisotopic (exact) mass is 388 g/mol. The molecule has 0 saturated heterocycles. The molecule has 2 aromatic heterocycles. The summed E-state index contributed by atoms with van der Waals surface area (Å²) in [5.41, 5.74) is 0.632. The van der Waals surface area contributed by atoms with Crippen molar-refractivity contribution < 1.29 is 17.9 Å². The molecule has 3 aromatic rings. The predicted molar refractivity (Wildman–Crippen MR) is 99.2 cm³/mol. The van der Waals surface area contributed by atoms with Crippen molar-refractivity contribution in [3.05, 3.63) is 66.5 Å². The lowest BCUT2D eigenvalue weighted by Crippen LogP contribution is -2.31. The molecule has 142 valence electrons. The highest BCUT2D eigenvalue weighted by Gasteiger charge is 2.26. The highest BCUT2D eigenvalue weighted by Crippen LogP contribution is 2.30. The molecule has 9 heteroatoms. The molecule has 1 unspecified atom stereocenters. The number of hydrogen-bond acceptors (Lipinski definition) is 6. The maximum Gasteiger partial charge on any atom is 0.243 e. The van der Waals surface area contributed by atoms with Gasteiger partial charge in [-0.1, -0.05) is 0 Å². The van der Waals surface area contributed by atoms with E-state index in [0.717, 1.165) is 0 Å². The van der Waals surface area contributed by atoms with Gasteiger partial charge in [-0.15, -0.1) is 0 Å². The number of hydrogen-bond donors (Lipinski definition) is 1. The maximum atomic E-state index is 12.9. The second-order valence-electron chi connectivity index (χ2n) is 5.79. The van der Waals surface area contributed by atoms with E-state index in [1.54, 1.807) is 48.3 Å². The van der Waals surface area contributed by atoms with Crippen molar-refractivity contribution in [2.75, 3.05) is 14.2 Å². The summed E-state index contributed by atoms with van der Waals surface area (Å²) in [5.74, 6) is 1.62. The molecule has 1 aromatic carbocycles. The molecular formula is C18H20N4O4S. The Bertz CT molecular complexity index is 997. The largest absolute Gasteiger partial charge is 0.497 e. The number of pyridine rings is 1. The lowest BCUT2D eigenvalue weighted by molar-refractivity contribution is 0.392. The van der Waals surface area contributed by atoms with E-state index in [4.69, 9.17) is 9.47 Å². The summed E-state index contributed by atoms with van der Waals surface area (Å²) < 4.78 is 40.9. The molecule has 0 aliphatic heterocycles. The van der Waals surface area contributed by atoms with Crippen molar-refractivity contribution in [2.24, 2.45) is 7.05 Å². The number of aryl methyl sites for hydroxylation is 1. The van der Waals surface area contributed by atoms with Crippen LogP contribution in [0, 0.1) is 0 Å². The first-order valence-electron chi connectivity index (χ1n) is 8.07. The first kappa shape index (κ1) is 18.9. The fraction of sp³-hybridized carbons (Fsp3) is 0.222. The average molecular weight is 388 g/mol. The van der Waals surface area contributed by atoms with Crippen LogP contribution in [0.25, 0.3) is 0 Å². The molecule has 1 N–H and O–H groups in total. The Morgan fingerprint density at radius 2 is 1.81 bits per heavy atom. The van der Waals surface area contributed by atoms with E-state index in [1.807, 2.05) is 0 Å². The third-order valence-corrected chi connectivity index (χ3v) is 5.45. The standard InChI is InChI=1S/C18H20N4O4S/c1-22-8-7-20-18(22)17(13-9-14(25-2)11-15(10-13)26-3)21-27(23,24)16-5-4-6-19-12-16/h4-12,17,21H,1-3H3. The SMILES string of the molecule is COc1cc(OC)cc(C(NS(=O)(=O)c2cccnc2)c2nccn2C)c1. The summed E-state index contributed by atoms with van der Waals surface area (Å²) in [5, 5.41) is 0. The van der Waals surface area contributed by atoms with Crippen molar-refractivity contribution in [1.82, 2.24) is 19.3 Å². The Labute approximate surface area is 157 Å². The molecule has 8 nitrogen and oxygen atoms in total. The Morgan fingerprint density at radius 1 is 1.11 bits per heavy atom. The number of nitrogens with zero attached hydrogens (tertiary/aromatic N) is 3. The normalized spacial score (nSPS) is 12.6. The number of methoxy groups -OCH3 is 2. The number of sulfonamides is 1. The summed E-state index contributed by atoms with van der Waals surface area (Å²) in [6.45, 7) is 0. The highest BCUT2D eigenvalue weighted by molar-refractivity contribution is 7.89. The topological polar surface area (TPSA) is 95.3 Å². The third kappa shape index (κ3) is 4.09. The van der Waals surface area contributed by atoms with Crippen LogP contribution in [0.15, 0.2) is 60.0 Å². The van der Waals surface area contributed by atoms with E-state index < -0.39 is 16.1 Å². The van der Waals surface area contributed by atoms with Gasteiger partial charge in [0.2, 0.25) is 10.0 Å². The van der Waals surface area contributed by atoms with E-state index in [1.165, 1.54) is 32.7 Å². The van der Waals surface area contributed by atoms with Crippen LogP contribution >= 0.6 is 0 Å². The van der Waals surface area contributed by atoms with Gasteiger partial charge in [0.1, 0.15) is 28.3 Å². The van der Waals surface area contributed by atoms with Gasteiger partial charge in [0, 0.05) is 37.9 Å². The van der Waals surface area contributed by atoms with Crippen LogP contribution in [0.3, 0.4) is 0 Å². The minimum absolute atomic E-state index is 0.0686. The van der Waals surface area contributed by atoms with E-state index in [2.05, 4.69) is 14.7 Å². The van der Waals surface area contributed by atoms with Gasteiger partial charge in [-0.2, -0.15) is 4.72 Å². The molecule has 0 bridgehead atoms. The molecule has 0 aliphatic carbocycles. The number of imidazole rings is 1. The second kappa shape index (κ2) is 7.77. The van der Waals surface area contributed by atoms with Crippen molar-refractivity contribution in [2.45, 2.75) is 10.9 Å². The summed E-state index contributed by atoms with van der Waals surface area (Å²) in [4.78, 5) is 8.27. The molecule has 0 fully saturated rings. The molecule has 0 radical (unpaired) electrons. The fourth-order valence-electron chi connectivity index (χ4n) is 2.65. The molecule has 3 rings (SSSR count). The third-order valence-electron chi connectivity index (χ3n) is 4.04. The first-order chi connectivity index (χ1) is 12.9. The maximum absolute atomic E-state index is 12.9. The minimum Gasteiger partial charge on any atom is -0.497 e. The molecule has 0 aliphatic rings. The summed E-state index contributed by atoms with van der Waals surface area (Å²) in [7, 11) is 1.03. The Morgan fingerprint density at radius 3 is 2.33 bits per heavy atom. The van der Waals surface area contributed by atoms with E-state index >= 15 is 0 Å². The number of rotatable bonds is 7. The smallest absolute Gasteiger partial charge is 0.243 e. The summed E-state index contributed by atoms with van der Waals surface area (Å²) in [6.07, 6.45) is 6.17. The van der Waals surface area contributed by atoms with Crippen LogP contribution in [0.2, 0.25) is 0 Å². The van der Waals surface area contributed by atoms with E-state index in [9.17, 15) is 8.42 Å². The lowest BCUT2D eigenvalue weighted by Gasteiger charge is -2.20. The van der Waals surface area contributed by atoms with E-state index in [-0.39, 0.29) is 4.90 Å². The zero-order chi connectivity index (χ0) is 19.4. The van der Waals surface area contributed by atoms with Crippen LogP contribution in [0.5, 0.6) is 11.5 Å². The zero-order valence-corrected chi connectivity index (χ0v) is 16.0. The van der Waals surface area contributed by atoms with E-state index in [0.29, 0.717) is 22.9 Å². The molecule has 0 saturated carbocycles. The number of benzene rings is 1. The quantitative estimate of drug-likeness (QED) is 0.664. The fourth-order valence-corrected chi connectivity index (χ4v) is 3.80. The van der Waals surface area contributed by atoms with Crippen LogP contribution in [0.1, 0.15) is 17.4 Å². The van der Waals surface area contributed by atoms with Crippen LogP contribution < -0.4 is 14.2 Å². The van der Waals surface area contributed by atoms with Crippen molar-refractivity contribution >= 4 is 10.0 Å². The van der Waals surface area contributed by atoms with Crippen molar-refractivity contribution in [1.29, 1.82) is 0 Å². The Balaban J connectivity index is 2.10. The molecule has 27 heavy (non-hydrogen) atoms. The predicted octanol–water partition coefficient (Wildman–Crippen LogP) is 1.90. The summed E-state index contributed by atoms with van der Waals surface area (Å²) in [6, 6.07) is 7.50. The van der Waals surface area contributed by atoms with Gasteiger partial charge in [0.25, 0.3) is 0 Å². The van der Waals surface area contributed by atoms with Gasteiger partial charge in [0.15, 0.2) is 0 Å². The molecular weight excluding hydrogens is 368 g/mol. The van der Waals surface area contributed by atoms with Crippen molar-refractivity contribution in [3.63, 3.8) is 0 Å². The molecule has 1 atom stereocenters. The Kier molecular flexibility index (Phi) is 5.43. The number of aromatic nitrogens is 3. The summed E-state index contributed by atoms with van der Waals surface area (Å²) >= 11 is 0. The lowest BCUT2D eigenvalue weighted by atomic mass is 10.1.